The summed E-state index contributed by atoms with van der Waals surface area (Å²) in [5.74, 6) is -2.28. The molecule has 1 rings (SSSR count). The molecular weight excluding hydrogens is 351 g/mol. The predicted octanol–water partition coefficient (Wildman–Crippen LogP) is 2.36. The number of Topliss-reactive ketones (excluding diaryl/α,β-unsaturated/α-hetero) is 2. The quantitative estimate of drug-likeness (QED) is 0.286. The molecule has 8 heteroatoms. The monoisotopic (exact) mass is 360 g/mol. The number of carbonyl (C=O) groups is 3. The summed E-state index contributed by atoms with van der Waals surface area (Å²) >= 11 is 8.76. The number of hydrogen-bond acceptors (Lipinski definition) is 6. The van der Waals surface area contributed by atoms with E-state index in [-0.39, 0.29) is 16.4 Å². The Morgan fingerprint density at radius 1 is 1.35 bits per heavy atom. The Morgan fingerprint density at radius 3 is 2.55 bits per heavy atom. The lowest BCUT2D eigenvalue weighted by Gasteiger charge is -2.07. The van der Waals surface area contributed by atoms with Crippen LogP contribution in [0.15, 0.2) is 27.8 Å². The fourth-order valence-corrected chi connectivity index (χ4v) is 1.60. The highest BCUT2D eigenvalue weighted by Crippen LogP contribution is 2.22. The number of ether oxygens (including phenoxy) is 1. The van der Waals surface area contributed by atoms with Crippen LogP contribution in [0.5, 0.6) is 0 Å². The minimum atomic E-state index is -1.01. The van der Waals surface area contributed by atoms with Crippen LogP contribution < -0.4 is 5.43 Å². The first kappa shape index (κ1) is 16.3. The van der Waals surface area contributed by atoms with Gasteiger partial charge < -0.3 is 4.74 Å². The number of hydrazone groups is 1. The molecule has 1 N–H and O–H groups in total. The van der Waals surface area contributed by atoms with Crippen molar-refractivity contribution in [2.45, 2.75) is 6.92 Å². The second kappa shape index (κ2) is 7.16. The molecule has 1 aromatic rings. The Kier molecular flexibility index (Phi) is 5.84. The van der Waals surface area contributed by atoms with Gasteiger partial charge in [-0.3, -0.25) is 15.0 Å². The first-order valence-electron chi connectivity index (χ1n) is 5.29. The highest BCUT2D eigenvalue weighted by atomic mass is 79.9. The SMILES string of the molecule is COC(=O)C(=O)c1cc(Br)ccc1N/N=C(\Cl)C(C)=O. The third-order valence-electron chi connectivity index (χ3n) is 2.16. The average molecular weight is 362 g/mol. The van der Waals surface area contributed by atoms with Crippen molar-refractivity contribution in [3.05, 3.63) is 28.2 Å². The lowest BCUT2D eigenvalue weighted by atomic mass is 10.1. The first-order valence-corrected chi connectivity index (χ1v) is 6.46. The van der Waals surface area contributed by atoms with E-state index in [0.29, 0.717) is 4.47 Å². The molecule has 0 atom stereocenters. The van der Waals surface area contributed by atoms with Gasteiger partial charge in [0.2, 0.25) is 0 Å². The van der Waals surface area contributed by atoms with Crippen molar-refractivity contribution in [3.8, 4) is 0 Å². The van der Waals surface area contributed by atoms with E-state index in [9.17, 15) is 14.4 Å². The summed E-state index contributed by atoms with van der Waals surface area (Å²) in [7, 11) is 1.11. The molecular formula is C12H10BrClN2O4. The van der Waals surface area contributed by atoms with Gasteiger partial charge >= 0.3 is 5.97 Å². The minimum absolute atomic E-state index is 0.0444. The molecule has 0 aliphatic heterocycles. The maximum atomic E-state index is 11.8. The number of carbonyl (C=O) groups excluding carboxylic acids is 3. The summed E-state index contributed by atoms with van der Waals surface area (Å²) in [6, 6.07) is 4.57. The maximum absolute atomic E-state index is 11.8. The Labute approximate surface area is 128 Å². The normalized spacial score (nSPS) is 10.9. The number of esters is 1. The van der Waals surface area contributed by atoms with E-state index in [4.69, 9.17) is 11.6 Å². The molecule has 0 aliphatic rings. The van der Waals surface area contributed by atoms with Gasteiger partial charge in [-0.25, -0.2) is 4.79 Å². The number of halogens is 2. The lowest BCUT2D eigenvalue weighted by Crippen LogP contribution is -2.17. The van der Waals surface area contributed by atoms with Gasteiger partial charge in [0.05, 0.1) is 18.4 Å². The molecule has 0 spiro atoms. The van der Waals surface area contributed by atoms with Crippen LogP contribution >= 0.6 is 27.5 Å². The fourth-order valence-electron chi connectivity index (χ4n) is 1.19. The predicted molar refractivity (Wildman–Crippen MR) is 78.1 cm³/mol. The number of rotatable bonds is 5. The molecule has 106 valence electrons. The third kappa shape index (κ3) is 4.14. The molecule has 0 saturated heterocycles. The van der Waals surface area contributed by atoms with E-state index in [0.717, 1.165) is 7.11 Å². The molecule has 0 heterocycles. The van der Waals surface area contributed by atoms with Crippen molar-refractivity contribution in [2.24, 2.45) is 5.10 Å². The smallest absolute Gasteiger partial charge is 0.379 e. The summed E-state index contributed by atoms with van der Waals surface area (Å²) in [6.07, 6.45) is 0. The topological polar surface area (TPSA) is 84.8 Å². The molecule has 1 aromatic carbocycles. The van der Waals surface area contributed by atoms with E-state index < -0.39 is 17.5 Å². The maximum Gasteiger partial charge on any atom is 0.379 e. The molecule has 0 saturated carbocycles. The number of methoxy groups -OCH3 is 1. The van der Waals surface area contributed by atoms with E-state index in [1.807, 2.05) is 0 Å². The molecule has 0 aromatic heterocycles. The summed E-state index contributed by atoms with van der Waals surface area (Å²) in [5, 5.41) is 3.34. The summed E-state index contributed by atoms with van der Waals surface area (Å²) < 4.78 is 4.97. The summed E-state index contributed by atoms with van der Waals surface area (Å²) in [6.45, 7) is 1.25. The van der Waals surface area contributed by atoms with Crippen LogP contribution in [0.2, 0.25) is 0 Å². The second-order valence-electron chi connectivity index (χ2n) is 3.58. The van der Waals surface area contributed by atoms with Gasteiger partial charge in [-0.1, -0.05) is 27.5 Å². The number of anilines is 1. The minimum Gasteiger partial charge on any atom is -0.463 e. The van der Waals surface area contributed by atoms with Crippen LogP contribution in [0, 0.1) is 0 Å². The zero-order chi connectivity index (χ0) is 15.3. The lowest BCUT2D eigenvalue weighted by molar-refractivity contribution is -0.135. The summed E-state index contributed by atoms with van der Waals surface area (Å²) in [4.78, 5) is 34.1. The van der Waals surface area contributed by atoms with E-state index >= 15 is 0 Å². The first-order chi connectivity index (χ1) is 9.36. The van der Waals surface area contributed by atoms with Crippen LogP contribution in [-0.2, 0) is 14.3 Å². The van der Waals surface area contributed by atoms with E-state index in [2.05, 4.69) is 31.2 Å². The highest BCUT2D eigenvalue weighted by molar-refractivity contribution is 9.10. The number of nitrogens with zero attached hydrogens (tertiary/aromatic N) is 1. The van der Waals surface area contributed by atoms with Crippen molar-refractivity contribution < 1.29 is 19.1 Å². The second-order valence-corrected chi connectivity index (χ2v) is 4.85. The third-order valence-corrected chi connectivity index (χ3v) is 3.01. The van der Waals surface area contributed by atoms with Gasteiger partial charge in [-0.05, 0) is 18.2 Å². The van der Waals surface area contributed by atoms with Gasteiger partial charge in [0.25, 0.3) is 5.78 Å². The van der Waals surface area contributed by atoms with Crippen LogP contribution in [0.25, 0.3) is 0 Å². The van der Waals surface area contributed by atoms with Crippen molar-refractivity contribution in [1.82, 2.24) is 0 Å². The molecule has 6 nitrogen and oxygen atoms in total. The molecule has 0 fully saturated rings. The van der Waals surface area contributed by atoms with Gasteiger partial charge in [0.15, 0.2) is 11.0 Å². The molecule has 0 bridgehead atoms. The fraction of sp³-hybridized carbons (Fsp3) is 0.167. The number of hydrogen-bond donors (Lipinski definition) is 1. The van der Waals surface area contributed by atoms with Crippen LogP contribution in [0.4, 0.5) is 5.69 Å². The molecule has 0 radical (unpaired) electrons. The molecule has 20 heavy (non-hydrogen) atoms. The highest BCUT2D eigenvalue weighted by Gasteiger charge is 2.20. The van der Waals surface area contributed by atoms with Crippen molar-refractivity contribution in [1.29, 1.82) is 0 Å². The zero-order valence-corrected chi connectivity index (χ0v) is 12.9. The standard InChI is InChI=1S/C12H10BrClN2O4/c1-6(17)11(14)16-15-9-4-3-7(13)5-8(9)10(18)12(19)20-2/h3-5,15H,1-2H3/b16-11-. The van der Waals surface area contributed by atoms with Crippen molar-refractivity contribution >= 4 is 55.9 Å². The Hall–Kier alpha value is -1.73. The average Bonchev–Trinajstić information content (AvgIpc) is 2.43. The zero-order valence-electron chi connectivity index (χ0n) is 10.6. The molecule has 0 amide bonds. The van der Waals surface area contributed by atoms with Crippen LogP contribution in [-0.4, -0.2) is 29.8 Å². The number of ketones is 2. The van der Waals surface area contributed by atoms with Gasteiger partial charge in [0.1, 0.15) is 0 Å². The van der Waals surface area contributed by atoms with Gasteiger partial charge in [-0.2, -0.15) is 5.10 Å². The van der Waals surface area contributed by atoms with E-state index in [1.54, 1.807) is 6.07 Å². The largest absolute Gasteiger partial charge is 0.463 e. The Morgan fingerprint density at radius 2 is 2.00 bits per heavy atom. The molecule has 0 unspecified atom stereocenters. The molecule has 0 aliphatic carbocycles. The Bertz CT molecular complexity index is 601. The van der Waals surface area contributed by atoms with Crippen LogP contribution in [0.1, 0.15) is 17.3 Å². The van der Waals surface area contributed by atoms with Gasteiger partial charge in [-0.15, -0.1) is 0 Å². The van der Waals surface area contributed by atoms with Crippen LogP contribution in [0.3, 0.4) is 0 Å². The number of benzene rings is 1. The number of nitrogens with one attached hydrogen (secondary N) is 1. The van der Waals surface area contributed by atoms with Gasteiger partial charge in [0, 0.05) is 11.4 Å². The van der Waals surface area contributed by atoms with Crippen molar-refractivity contribution in [2.75, 3.05) is 12.5 Å². The van der Waals surface area contributed by atoms with Crippen molar-refractivity contribution in [3.63, 3.8) is 0 Å². The Balaban J connectivity index is 3.14. The van der Waals surface area contributed by atoms with E-state index in [1.165, 1.54) is 19.1 Å². The summed E-state index contributed by atoms with van der Waals surface area (Å²) in [5.41, 5.74) is 2.74.